The van der Waals surface area contributed by atoms with Gasteiger partial charge >= 0.3 is 0 Å². The van der Waals surface area contributed by atoms with E-state index >= 15 is 0 Å². The maximum atomic E-state index is 12.7. The molecule has 0 atom stereocenters. The van der Waals surface area contributed by atoms with Crippen molar-refractivity contribution in [2.45, 2.75) is 26.9 Å². The maximum absolute atomic E-state index is 12.7. The van der Waals surface area contributed by atoms with Crippen LogP contribution in [0.1, 0.15) is 29.8 Å². The summed E-state index contributed by atoms with van der Waals surface area (Å²) >= 11 is 0. The first-order valence-electron chi connectivity index (χ1n) is 8.90. The zero-order valence-electron chi connectivity index (χ0n) is 15.2. The number of aryl methyl sites for hydroxylation is 1. The summed E-state index contributed by atoms with van der Waals surface area (Å²) in [6.07, 6.45) is 0.135. The van der Waals surface area contributed by atoms with Crippen LogP contribution in [0.3, 0.4) is 0 Å². The second kappa shape index (κ2) is 7.60. The Morgan fingerprint density at radius 3 is 2.28 bits per heavy atom. The molecule has 1 aliphatic rings. The average molecular weight is 338 g/mol. The molecule has 0 bridgehead atoms. The smallest absolute Gasteiger partial charge is 0.253 e. The van der Waals surface area contributed by atoms with Gasteiger partial charge in [-0.15, -0.1) is 0 Å². The van der Waals surface area contributed by atoms with E-state index in [-0.39, 0.29) is 12.0 Å². The molecule has 1 saturated heterocycles. The molecule has 2 aromatic rings. The fourth-order valence-electron chi connectivity index (χ4n) is 3.12. The minimum Gasteiger partial charge on any atom is -0.491 e. The van der Waals surface area contributed by atoms with E-state index in [1.165, 1.54) is 11.3 Å². The van der Waals surface area contributed by atoms with Crippen molar-refractivity contribution in [2.75, 3.05) is 31.1 Å². The van der Waals surface area contributed by atoms with Gasteiger partial charge in [0, 0.05) is 37.4 Å². The van der Waals surface area contributed by atoms with Crippen molar-refractivity contribution in [3.8, 4) is 5.75 Å². The summed E-state index contributed by atoms with van der Waals surface area (Å²) in [5.41, 5.74) is 3.22. The van der Waals surface area contributed by atoms with Crippen LogP contribution in [-0.4, -0.2) is 43.1 Å². The van der Waals surface area contributed by atoms with Crippen molar-refractivity contribution in [3.05, 3.63) is 59.7 Å². The number of rotatable bonds is 4. The molecule has 0 aromatic heterocycles. The predicted octanol–water partition coefficient (Wildman–Crippen LogP) is 3.74. The highest BCUT2D eigenvalue weighted by atomic mass is 16.5. The van der Waals surface area contributed by atoms with Crippen molar-refractivity contribution < 1.29 is 9.53 Å². The summed E-state index contributed by atoms with van der Waals surface area (Å²) < 4.78 is 5.64. The Balaban J connectivity index is 1.59. The fourth-order valence-corrected chi connectivity index (χ4v) is 3.12. The van der Waals surface area contributed by atoms with Crippen LogP contribution in [0.2, 0.25) is 0 Å². The molecule has 4 nitrogen and oxygen atoms in total. The molecule has 0 aliphatic carbocycles. The Morgan fingerprint density at radius 1 is 1.00 bits per heavy atom. The van der Waals surface area contributed by atoms with Gasteiger partial charge in [0.1, 0.15) is 5.75 Å². The van der Waals surface area contributed by atoms with E-state index in [1.807, 2.05) is 43.0 Å². The van der Waals surface area contributed by atoms with E-state index < -0.39 is 0 Å². The number of carbonyl (C=O) groups excluding carboxylic acids is 1. The van der Waals surface area contributed by atoms with Crippen LogP contribution in [0.25, 0.3) is 0 Å². The van der Waals surface area contributed by atoms with Gasteiger partial charge in [0.05, 0.1) is 6.10 Å². The molecule has 3 rings (SSSR count). The Bertz CT molecular complexity index is 717. The third-order valence-electron chi connectivity index (χ3n) is 4.41. The number of benzene rings is 2. The van der Waals surface area contributed by atoms with E-state index in [2.05, 4.69) is 36.1 Å². The van der Waals surface area contributed by atoms with E-state index in [1.54, 1.807) is 0 Å². The minimum absolute atomic E-state index is 0.0972. The standard InChI is InChI=1S/C21H26N2O2/c1-16(2)25-20-9-7-18(8-10-20)21(24)23-13-11-22(12-14-23)19-6-4-5-17(3)15-19/h4-10,15-16H,11-14H2,1-3H3. The topological polar surface area (TPSA) is 32.8 Å². The van der Waals surface area contributed by atoms with Gasteiger partial charge in [0.15, 0.2) is 0 Å². The number of ether oxygens (including phenoxy) is 1. The number of hydrogen-bond donors (Lipinski definition) is 0. The molecule has 0 N–H and O–H groups in total. The van der Waals surface area contributed by atoms with Crippen LogP contribution >= 0.6 is 0 Å². The third-order valence-corrected chi connectivity index (χ3v) is 4.41. The molecule has 1 amide bonds. The monoisotopic (exact) mass is 338 g/mol. The number of carbonyl (C=O) groups is 1. The molecule has 2 aromatic carbocycles. The van der Waals surface area contributed by atoms with Crippen LogP contribution in [-0.2, 0) is 0 Å². The largest absolute Gasteiger partial charge is 0.491 e. The van der Waals surface area contributed by atoms with E-state index in [0.29, 0.717) is 0 Å². The molecule has 1 heterocycles. The number of hydrogen-bond acceptors (Lipinski definition) is 3. The molecular weight excluding hydrogens is 312 g/mol. The first-order valence-corrected chi connectivity index (χ1v) is 8.90. The summed E-state index contributed by atoms with van der Waals surface area (Å²) in [6, 6.07) is 16.0. The highest BCUT2D eigenvalue weighted by Gasteiger charge is 2.22. The molecule has 1 aliphatic heterocycles. The Kier molecular flexibility index (Phi) is 5.27. The second-order valence-electron chi connectivity index (χ2n) is 6.81. The first kappa shape index (κ1) is 17.3. The zero-order valence-corrected chi connectivity index (χ0v) is 15.2. The highest BCUT2D eigenvalue weighted by Crippen LogP contribution is 2.20. The molecular formula is C21H26N2O2. The molecule has 0 radical (unpaired) electrons. The van der Waals surface area contributed by atoms with Gasteiger partial charge < -0.3 is 14.5 Å². The van der Waals surface area contributed by atoms with Crippen molar-refractivity contribution >= 4 is 11.6 Å². The molecule has 4 heteroatoms. The lowest BCUT2D eigenvalue weighted by Gasteiger charge is -2.36. The summed E-state index contributed by atoms with van der Waals surface area (Å²) in [6.45, 7) is 9.32. The summed E-state index contributed by atoms with van der Waals surface area (Å²) in [5.74, 6) is 0.899. The second-order valence-corrected chi connectivity index (χ2v) is 6.81. The average Bonchev–Trinajstić information content (AvgIpc) is 2.61. The Morgan fingerprint density at radius 2 is 1.68 bits per heavy atom. The van der Waals surface area contributed by atoms with Crippen LogP contribution in [0.15, 0.2) is 48.5 Å². The summed E-state index contributed by atoms with van der Waals surface area (Å²) in [7, 11) is 0. The van der Waals surface area contributed by atoms with Gasteiger partial charge in [-0.3, -0.25) is 4.79 Å². The molecule has 25 heavy (non-hydrogen) atoms. The summed E-state index contributed by atoms with van der Waals surface area (Å²) in [4.78, 5) is 17.0. The molecule has 1 fully saturated rings. The SMILES string of the molecule is Cc1cccc(N2CCN(C(=O)c3ccc(OC(C)C)cc3)CC2)c1. The van der Waals surface area contributed by atoms with Crippen molar-refractivity contribution in [1.82, 2.24) is 4.90 Å². The van der Waals surface area contributed by atoms with Gasteiger partial charge in [-0.05, 0) is 62.7 Å². The van der Waals surface area contributed by atoms with Gasteiger partial charge in [0.2, 0.25) is 0 Å². The fraction of sp³-hybridized carbons (Fsp3) is 0.381. The van der Waals surface area contributed by atoms with Crippen LogP contribution < -0.4 is 9.64 Å². The number of amides is 1. The quantitative estimate of drug-likeness (QED) is 0.851. The lowest BCUT2D eigenvalue weighted by molar-refractivity contribution is 0.0746. The Hall–Kier alpha value is -2.49. The normalized spacial score (nSPS) is 14.7. The lowest BCUT2D eigenvalue weighted by Crippen LogP contribution is -2.48. The van der Waals surface area contributed by atoms with Crippen molar-refractivity contribution in [1.29, 1.82) is 0 Å². The molecule has 132 valence electrons. The Labute approximate surface area is 150 Å². The lowest BCUT2D eigenvalue weighted by atomic mass is 10.1. The van der Waals surface area contributed by atoms with E-state index in [4.69, 9.17) is 4.74 Å². The maximum Gasteiger partial charge on any atom is 0.253 e. The third kappa shape index (κ3) is 4.32. The van der Waals surface area contributed by atoms with Gasteiger partial charge in [0.25, 0.3) is 5.91 Å². The molecule has 0 spiro atoms. The van der Waals surface area contributed by atoms with Gasteiger partial charge in [-0.2, -0.15) is 0 Å². The summed E-state index contributed by atoms with van der Waals surface area (Å²) in [5, 5.41) is 0. The molecule has 0 saturated carbocycles. The van der Waals surface area contributed by atoms with Crippen molar-refractivity contribution in [3.63, 3.8) is 0 Å². The minimum atomic E-state index is 0.0972. The number of piperazine rings is 1. The van der Waals surface area contributed by atoms with E-state index in [0.717, 1.165) is 37.5 Å². The zero-order chi connectivity index (χ0) is 17.8. The predicted molar refractivity (Wildman–Crippen MR) is 102 cm³/mol. The number of anilines is 1. The van der Waals surface area contributed by atoms with Crippen LogP contribution in [0.4, 0.5) is 5.69 Å². The van der Waals surface area contributed by atoms with Gasteiger partial charge in [-0.1, -0.05) is 12.1 Å². The van der Waals surface area contributed by atoms with Crippen LogP contribution in [0.5, 0.6) is 5.75 Å². The highest BCUT2D eigenvalue weighted by molar-refractivity contribution is 5.94. The molecule has 0 unspecified atom stereocenters. The van der Waals surface area contributed by atoms with Crippen LogP contribution in [0, 0.1) is 6.92 Å². The van der Waals surface area contributed by atoms with Crippen molar-refractivity contribution in [2.24, 2.45) is 0 Å². The van der Waals surface area contributed by atoms with E-state index in [9.17, 15) is 4.79 Å². The van der Waals surface area contributed by atoms with Gasteiger partial charge in [-0.25, -0.2) is 0 Å². The first-order chi connectivity index (χ1) is 12.0. The number of nitrogens with zero attached hydrogens (tertiary/aromatic N) is 2.